The van der Waals surface area contributed by atoms with Crippen LogP contribution in [0.5, 0.6) is 23.0 Å². The second kappa shape index (κ2) is 22.2. The Morgan fingerprint density at radius 2 is 1.11 bits per heavy atom. The number of ether oxygens (including phenoxy) is 3. The fourth-order valence-corrected chi connectivity index (χ4v) is 8.38. The first kappa shape index (κ1) is 41.8. The van der Waals surface area contributed by atoms with Crippen molar-refractivity contribution in [2.24, 2.45) is 0 Å². The van der Waals surface area contributed by atoms with Crippen LogP contribution in [0.25, 0.3) is 12.2 Å². The Balaban J connectivity index is 1.01. The summed E-state index contributed by atoms with van der Waals surface area (Å²) in [6.45, 7) is 6.27. The van der Waals surface area contributed by atoms with E-state index in [0.717, 1.165) is 91.2 Å². The third-order valence-corrected chi connectivity index (χ3v) is 11.4. The highest BCUT2D eigenvalue weighted by Gasteiger charge is 2.48. The lowest BCUT2D eigenvalue weighted by atomic mass is 9.76. The van der Waals surface area contributed by atoms with Crippen LogP contribution in [0.2, 0.25) is 0 Å². The molecule has 0 saturated carbocycles. The molecule has 2 aliphatic rings. The molecule has 0 radical (unpaired) electrons. The highest BCUT2D eigenvalue weighted by atomic mass is 17.2. The molecule has 0 fully saturated rings. The van der Waals surface area contributed by atoms with E-state index in [1.165, 1.54) is 81.4 Å². The number of unbranched alkanes of at least 4 members (excludes halogenated alkanes) is 10. The van der Waals surface area contributed by atoms with Gasteiger partial charge in [-0.2, -0.15) is 4.89 Å². The standard InChI is InChI=1S/C51H62O6/c1-3-5-7-9-11-13-37-53-44-28-23-40(24-29-44)18-17-39-55-57-47-22-16-20-43-34-36-51(50(43)47)35-33-42-19-15-21-46(49(42)51)56-48(52)32-27-41-25-30-45(31-26-41)54-38-14-12-10-8-6-4-2/h15-32H,3-14,33-39H2,1-2H3/b18-17+,32-27+. The van der Waals surface area contributed by atoms with Crippen LogP contribution in [-0.2, 0) is 27.9 Å². The fraction of sp³-hybridized carbons (Fsp3) is 0.431. The van der Waals surface area contributed by atoms with Gasteiger partial charge < -0.3 is 19.1 Å². The number of aryl methyl sites for hydroxylation is 2. The van der Waals surface area contributed by atoms with Gasteiger partial charge in [-0.25, -0.2) is 4.79 Å². The number of hydrogen-bond acceptors (Lipinski definition) is 6. The first-order valence-electron chi connectivity index (χ1n) is 21.7. The van der Waals surface area contributed by atoms with Crippen LogP contribution in [0, 0.1) is 0 Å². The predicted octanol–water partition coefficient (Wildman–Crippen LogP) is 13.0. The van der Waals surface area contributed by atoms with E-state index in [1.807, 2.05) is 72.8 Å². The topological polar surface area (TPSA) is 63.2 Å². The minimum absolute atomic E-state index is 0.299. The van der Waals surface area contributed by atoms with Gasteiger partial charge in [0.05, 0.1) is 13.2 Å². The Hall–Kier alpha value is -4.81. The van der Waals surface area contributed by atoms with Gasteiger partial charge in [-0.05, 0) is 103 Å². The van der Waals surface area contributed by atoms with Crippen LogP contribution >= 0.6 is 0 Å². The molecule has 2 aliphatic carbocycles. The van der Waals surface area contributed by atoms with Crippen LogP contribution in [0.1, 0.15) is 137 Å². The van der Waals surface area contributed by atoms with Crippen LogP contribution in [-0.4, -0.2) is 25.8 Å². The zero-order chi connectivity index (χ0) is 39.5. The largest absolute Gasteiger partial charge is 0.494 e. The number of esters is 1. The van der Waals surface area contributed by atoms with Gasteiger partial charge in [0.25, 0.3) is 0 Å². The molecule has 1 atom stereocenters. The third kappa shape index (κ3) is 11.9. The maximum absolute atomic E-state index is 13.3. The number of carbonyl (C=O) groups excluding carboxylic acids is 1. The predicted molar refractivity (Wildman–Crippen MR) is 231 cm³/mol. The second-order valence-corrected chi connectivity index (χ2v) is 15.6. The highest BCUT2D eigenvalue weighted by molar-refractivity contribution is 5.89. The molecule has 0 bridgehead atoms. The summed E-state index contributed by atoms with van der Waals surface area (Å²) in [5, 5.41) is 0. The molecule has 1 spiro atoms. The van der Waals surface area contributed by atoms with Crippen LogP contribution < -0.4 is 19.1 Å². The minimum Gasteiger partial charge on any atom is -0.494 e. The first-order valence-corrected chi connectivity index (χ1v) is 21.7. The Kier molecular flexibility index (Phi) is 16.3. The number of hydrogen-bond donors (Lipinski definition) is 0. The molecule has 0 aromatic heterocycles. The fourth-order valence-electron chi connectivity index (χ4n) is 8.38. The third-order valence-electron chi connectivity index (χ3n) is 11.4. The van der Waals surface area contributed by atoms with E-state index < -0.39 is 5.97 Å². The van der Waals surface area contributed by atoms with Crippen molar-refractivity contribution >= 4 is 18.1 Å². The molecule has 0 saturated heterocycles. The first-order chi connectivity index (χ1) is 28.1. The number of carbonyl (C=O) groups is 1. The lowest BCUT2D eigenvalue weighted by Crippen LogP contribution is -2.24. The second-order valence-electron chi connectivity index (χ2n) is 15.6. The van der Waals surface area contributed by atoms with Crippen molar-refractivity contribution in [2.75, 3.05) is 19.8 Å². The molecule has 57 heavy (non-hydrogen) atoms. The van der Waals surface area contributed by atoms with E-state index in [2.05, 4.69) is 38.1 Å². The number of rotatable bonds is 24. The van der Waals surface area contributed by atoms with E-state index in [0.29, 0.717) is 12.4 Å². The van der Waals surface area contributed by atoms with Crippen LogP contribution in [0.15, 0.2) is 97.1 Å². The summed E-state index contributed by atoms with van der Waals surface area (Å²) in [7, 11) is 0. The van der Waals surface area contributed by atoms with Crippen LogP contribution in [0.4, 0.5) is 0 Å². The molecule has 4 aromatic carbocycles. The maximum Gasteiger partial charge on any atom is 0.336 e. The van der Waals surface area contributed by atoms with Crippen molar-refractivity contribution in [1.82, 2.24) is 0 Å². The Bertz CT molecular complexity index is 1890. The van der Waals surface area contributed by atoms with E-state index >= 15 is 0 Å². The van der Waals surface area contributed by atoms with Crippen LogP contribution in [0.3, 0.4) is 0 Å². The van der Waals surface area contributed by atoms with Gasteiger partial charge in [-0.3, -0.25) is 0 Å². The van der Waals surface area contributed by atoms with Crippen molar-refractivity contribution in [3.8, 4) is 23.0 Å². The molecule has 0 N–H and O–H groups in total. The summed E-state index contributed by atoms with van der Waals surface area (Å²) in [5.41, 5.74) is 6.37. The molecule has 6 nitrogen and oxygen atoms in total. The van der Waals surface area contributed by atoms with Gasteiger partial charge in [-0.1, -0.05) is 139 Å². The molecular weight excluding hydrogens is 709 g/mol. The molecule has 1 unspecified atom stereocenters. The van der Waals surface area contributed by atoms with Gasteiger partial charge >= 0.3 is 5.97 Å². The summed E-state index contributed by atoms with van der Waals surface area (Å²) in [6, 6.07) is 28.3. The van der Waals surface area contributed by atoms with Gasteiger partial charge in [-0.15, -0.1) is 0 Å². The number of benzene rings is 4. The van der Waals surface area contributed by atoms with Gasteiger partial charge in [0.2, 0.25) is 0 Å². The summed E-state index contributed by atoms with van der Waals surface area (Å²) < 4.78 is 18.0. The molecule has 0 aliphatic heterocycles. The van der Waals surface area contributed by atoms with Crippen molar-refractivity contribution in [1.29, 1.82) is 0 Å². The lowest BCUT2D eigenvalue weighted by Gasteiger charge is -2.29. The SMILES string of the molecule is CCCCCCCCOc1ccc(/C=C/COOc2cccc3c2C2(CC3)CCc3cccc(OC(=O)/C=C/c4ccc(OCCCCCCCC)cc4)c32)cc1. The number of fused-ring (bicyclic) bond motifs is 4. The summed E-state index contributed by atoms with van der Waals surface area (Å²) >= 11 is 0. The average Bonchev–Trinajstić information content (AvgIpc) is 3.81. The molecular formula is C51H62O6. The van der Waals surface area contributed by atoms with E-state index in [-0.39, 0.29) is 5.41 Å². The molecule has 0 heterocycles. The zero-order valence-corrected chi connectivity index (χ0v) is 34.3. The summed E-state index contributed by atoms with van der Waals surface area (Å²) in [4.78, 5) is 25.1. The highest BCUT2D eigenvalue weighted by Crippen LogP contribution is 2.57. The van der Waals surface area contributed by atoms with Gasteiger partial charge in [0.1, 0.15) is 23.9 Å². The summed E-state index contributed by atoms with van der Waals surface area (Å²) in [5.74, 6) is 2.69. The maximum atomic E-state index is 13.3. The smallest absolute Gasteiger partial charge is 0.336 e. The van der Waals surface area contributed by atoms with Gasteiger partial charge in [0, 0.05) is 22.6 Å². The summed E-state index contributed by atoms with van der Waals surface area (Å²) in [6.07, 6.45) is 25.9. The van der Waals surface area contributed by atoms with Gasteiger partial charge in [0.15, 0.2) is 5.75 Å². The Morgan fingerprint density at radius 3 is 1.68 bits per heavy atom. The molecule has 6 rings (SSSR count). The Morgan fingerprint density at radius 1 is 0.596 bits per heavy atom. The zero-order valence-electron chi connectivity index (χ0n) is 34.3. The molecule has 0 amide bonds. The van der Waals surface area contributed by atoms with Crippen molar-refractivity contribution in [3.05, 3.63) is 130 Å². The van der Waals surface area contributed by atoms with E-state index in [1.54, 1.807) is 6.08 Å². The van der Waals surface area contributed by atoms with Crippen molar-refractivity contribution < 1.29 is 28.8 Å². The quantitative estimate of drug-likeness (QED) is 0.0177. The lowest BCUT2D eigenvalue weighted by molar-refractivity contribution is -0.196. The van der Waals surface area contributed by atoms with Crippen molar-refractivity contribution in [3.63, 3.8) is 0 Å². The molecule has 302 valence electrons. The molecule has 4 aromatic rings. The normalized spacial score (nSPS) is 15.7. The van der Waals surface area contributed by atoms with E-state index in [9.17, 15) is 4.79 Å². The Labute approximate surface area is 341 Å². The minimum atomic E-state index is -0.401. The monoisotopic (exact) mass is 770 g/mol. The van der Waals surface area contributed by atoms with Crippen molar-refractivity contribution in [2.45, 2.75) is 122 Å². The molecule has 6 heteroatoms. The average molecular weight is 771 g/mol. The van der Waals surface area contributed by atoms with E-state index in [4.69, 9.17) is 24.0 Å².